The maximum atomic E-state index is 5.52. The van der Waals surface area contributed by atoms with E-state index in [9.17, 15) is 0 Å². The molecule has 1 saturated heterocycles. The van der Waals surface area contributed by atoms with Gasteiger partial charge in [0.25, 0.3) is 5.89 Å². The predicted molar refractivity (Wildman–Crippen MR) is 101 cm³/mol. The van der Waals surface area contributed by atoms with Crippen LogP contribution in [-0.2, 0) is 11.3 Å². The van der Waals surface area contributed by atoms with Gasteiger partial charge >= 0.3 is 0 Å². The molecule has 26 heavy (non-hydrogen) atoms. The van der Waals surface area contributed by atoms with Crippen LogP contribution in [0.1, 0.15) is 23.5 Å². The van der Waals surface area contributed by atoms with E-state index in [0.29, 0.717) is 17.6 Å². The molecule has 0 saturated carbocycles. The van der Waals surface area contributed by atoms with Crippen molar-refractivity contribution in [3.8, 4) is 22.8 Å². The molecule has 5 nitrogen and oxygen atoms in total. The lowest BCUT2D eigenvalue weighted by molar-refractivity contribution is 0.194. The summed E-state index contributed by atoms with van der Waals surface area (Å²) < 4.78 is 11.0. The van der Waals surface area contributed by atoms with Crippen LogP contribution in [0.2, 0.25) is 0 Å². The van der Waals surface area contributed by atoms with E-state index in [-0.39, 0.29) is 0 Å². The molecule has 3 aromatic rings. The average molecular weight is 349 g/mol. The summed E-state index contributed by atoms with van der Waals surface area (Å²) in [6.07, 6.45) is 1.07. The summed E-state index contributed by atoms with van der Waals surface area (Å²) in [5, 5.41) is 4.16. The van der Waals surface area contributed by atoms with Crippen LogP contribution in [0.25, 0.3) is 22.8 Å². The lowest BCUT2D eigenvalue weighted by Crippen LogP contribution is -2.10. The van der Waals surface area contributed by atoms with Crippen molar-refractivity contribution in [2.75, 3.05) is 27.3 Å². The Labute approximate surface area is 153 Å². The first kappa shape index (κ1) is 16.9. The van der Waals surface area contributed by atoms with Crippen molar-refractivity contribution in [3.63, 3.8) is 0 Å². The summed E-state index contributed by atoms with van der Waals surface area (Å²) in [6, 6.07) is 16.6. The van der Waals surface area contributed by atoms with E-state index in [1.807, 2.05) is 24.3 Å². The smallest absolute Gasteiger partial charge is 0.258 e. The number of hydrogen-bond acceptors (Lipinski definition) is 5. The minimum atomic E-state index is 0.460. The summed E-state index contributed by atoms with van der Waals surface area (Å²) in [7, 11) is 4.12. The number of nitrogens with zero attached hydrogens (tertiary/aromatic N) is 3. The van der Waals surface area contributed by atoms with Gasteiger partial charge in [-0.3, -0.25) is 0 Å². The molecule has 1 aliphatic heterocycles. The summed E-state index contributed by atoms with van der Waals surface area (Å²) >= 11 is 0. The van der Waals surface area contributed by atoms with Gasteiger partial charge in [-0.2, -0.15) is 4.98 Å². The third kappa shape index (κ3) is 3.69. The number of rotatable bonds is 5. The van der Waals surface area contributed by atoms with Gasteiger partial charge in [0.15, 0.2) is 0 Å². The molecule has 0 bridgehead atoms. The third-order valence-corrected chi connectivity index (χ3v) is 4.67. The third-order valence-electron chi connectivity index (χ3n) is 4.67. The highest BCUT2D eigenvalue weighted by Crippen LogP contribution is 2.29. The fourth-order valence-electron chi connectivity index (χ4n) is 3.31. The Morgan fingerprint density at radius 2 is 1.92 bits per heavy atom. The maximum Gasteiger partial charge on any atom is 0.258 e. The summed E-state index contributed by atoms with van der Waals surface area (Å²) in [6.45, 7) is 2.54. The molecule has 2 heterocycles. The minimum Gasteiger partial charge on any atom is -0.381 e. The number of aromatic nitrogens is 2. The van der Waals surface area contributed by atoms with Crippen LogP contribution >= 0.6 is 0 Å². The summed E-state index contributed by atoms with van der Waals surface area (Å²) in [5.41, 5.74) is 4.45. The van der Waals surface area contributed by atoms with Gasteiger partial charge in [-0.1, -0.05) is 41.6 Å². The molecule has 4 rings (SSSR count). The van der Waals surface area contributed by atoms with E-state index >= 15 is 0 Å². The van der Waals surface area contributed by atoms with E-state index in [1.165, 1.54) is 11.1 Å². The van der Waals surface area contributed by atoms with Crippen LogP contribution in [0, 0.1) is 0 Å². The number of ether oxygens (including phenoxy) is 1. The Hall–Kier alpha value is -2.50. The Kier molecular flexibility index (Phi) is 4.82. The highest BCUT2D eigenvalue weighted by atomic mass is 16.5. The van der Waals surface area contributed by atoms with Gasteiger partial charge in [-0.15, -0.1) is 0 Å². The lowest BCUT2D eigenvalue weighted by atomic mass is 9.97. The molecule has 2 aromatic carbocycles. The Bertz CT molecular complexity index is 865. The molecule has 0 spiro atoms. The Balaban J connectivity index is 1.55. The van der Waals surface area contributed by atoms with Crippen molar-refractivity contribution in [3.05, 3.63) is 59.7 Å². The highest BCUT2D eigenvalue weighted by molar-refractivity contribution is 5.60. The molecule has 1 aromatic heterocycles. The monoisotopic (exact) mass is 349 g/mol. The molecule has 0 N–H and O–H groups in total. The normalized spacial score (nSPS) is 17.1. The topological polar surface area (TPSA) is 51.4 Å². The van der Waals surface area contributed by atoms with Gasteiger partial charge in [0.2, 0.25) is 5.82 Å². The van der Waals surface area contributed by atoms with E-state index in [2.05, 4.69) is 53.4 Å². The molecule has 1 atom stereocenters. The van der Waals surface area contributed by atoms with Gasteiger partial charge in [-0.25, -0.2) is 0 Å². The van der Waals surface area contributed by atoms with Crippen molar-refractivity contribution in [1.29, 1.82) is 0 Å². The molecule has 5 heteroatoms. The van der Waals surface area contributed by atoms with Crippen LogP contribution in [0.15, 0.2) is 53.1 Å². The molecular weight excluding hydrogens is 326 g/mol. The fourth-order valence-corrected chi connectivity index (χ4v) is 3.31. The van der Waals surface area contributed by atoms with Crippen LogP contribution < -0.4 is 0 Å². The highest BCUT2D eigenvalue weighted by Gasteiger charge is 2.19. The van der Waals surface area contributed by atoms with Gasteiger partial charge in [0.05, 0.1) is 6.61 Å². The van der Waals surface area contributed by atoms with Crippen molar-refractivity contribution in [1.82, 2.24) is 15.0 Å². The summed E-state index contributed by atoms with van der Waals surface area (Å²) in [4.78, 5) is 6.73. The molecule has 134 valence electrons. The molecule has 1 fully saturated rings. The molecule has 1 unspecified atom stereocenters. The van der Waals surface area contributed by atoms with E-state index in [1.54, 1.807) is 0 Å². The average Bonchev–Trinajstić information content (AvgIpc) is 3.34. The Morgan fingerprint density at radius 1 is 1.08 bits per heavy atom. The van der Waals surface area contributed by atoms with Crippen molar-refractivity contribution in [2.45, 2.75) is 18.9 Å². The van der Waals surface area contributed by atoms with Gasteiger partial charge < -0.3 is 14.2 Å². The van der Waals surface area contributed by atoms with E-state index in [4.69, 9.17) is 9.26 Å². The van der Waals surface area contributed by atoms with Crippen LogP contribution in [0.4, 0.5) is 0 Å². The first-order valence-electron chi connectivity index (χ1n) is 8.95. The molecule has 0 aliphatic carbocycles. The minimum absolute atomic E-state index is 0.460. The zero-order valence-corrected chi connectivity index (χ0v) is 15.2. The number of hydrogen-bond donors (Lipinski definition) is 0. The second-order valence-electron chi connectivity index (χ2n) is 7.04. The molecule has 0 amide bonds. The van der Waals surface area contributed by atoms with Gasteiger partial charge in [0.1, 0.15) is 0 Å². The molecule has 0 radical (unpaired) electrons. The van der Waals surface area contributed by atoms with Crippen molar-refractivity contribution in [2.24, 2.45) is 0 Å². The fraction of sp³-hybridized carbons (Fsp3) is 0.333. The lowest BCUT2D eigenvalue weighted by Gasteiger charge is -2.09. The second kappa shape index (κ2) is 7.40. The molecular formula is C21H23N3O2. The zero-order valence-electron chi connectivity index (χ0n) is 15.2. The second-order valence-corrected chi connectivity index (χ2v) is 7.04. The van der Waals surface area contributed by atoms with Crippen molar-refractivity contribution < 1.29 is 9.26 Å². The van der Waals surface area contributed by atoms with E-state index < -0.39 is 0 Å². The van der Waals surface area contributed by atoms with Crippen LogP contribution in [0.3, 0.4) is 0 Å². The first-order chi connectivity index (χ1) is 12.7. The van der Waals surface area contributed by atoms with Gasteiger partial charge in [-0.05, 0) is 43.8 Å². The van der Waals surface area contributed by atoms with E-state index in [0.717, 1.165) is 37.3 Å². The van der Waals surface area contributed by atoms with Crippen LogP contribution in [-0.4, -0.2) is 42.3 Å². The SMILES string of the molecule is CN(C)Cc1ccc(-c2noc(-c3cccc(C4CCOC4)c3)n2)cc1. The van der Waals surface area contributed by atoms with Gasteiger partial charge in [0, 0.05) is 30.2 Å². The first-order valence-corrected chi connectivity index (χ1v) is 8.95. The number of benzene rings is 2. The van der Waals surface area contributed by atoms with Crippen LogP contribution in [0.5, 0.6) is 0 Å². The standard InChI is InChI=1S/C21H23N3O2/c1-24(2)13-15-6-8-16(9-7-15)20-22-21(26-23-20)18-5-3-4-17(12-18)19-10-11-25-14-19/h3-9,12,19H,10-11,13-14H2,1-2H3. The van der Waals surface area contributed by atoms with Crippen molar-refractivity contribution >= 4 is 0 Å². The quantitative estimate of drug-likeness (QED) is 0.698. The predicted octanol–water partition coefficient (Wildman–Crippen LogP) is 3.97. The Morgan fingerprint density at radius 3 is 2.65 bits per heavy atom. The maximum absolute atomic E-state index is 5.52. The zero-order chi connectivity index (χ0) is 17.9. The summed E-state index contributed by atoms with van der Waals surface area (Å²) in [5.74, 6) is 1.63. The molecule has 1 aliphatic rings. The largest absolute Gasteiger partial charge is 0.381 e.